The summed E-state index contributed by atoms with van der Waals surface area (Å²) in [6.45, 7) is -1.14. The van der Waals surface area contributed by atoms with E-state index in [1.54, 1.807) is 6.08 Å². The second kappa shape index (κ2) is 7.66. The third-order valence-corrected chi connectivity index (χ3v) is 5.10. The van der Waals surface area contributed by atoms with Gasteiger partial charge in [-0.25, -0.2) is 9.18 Å². The zero-order valence-electron chi connectivity index (χ0n) is 16.2. The molecular formula is C21H15F4N3O4. The molecule has 32 heavy (non-hydrogen) atoms. The van der Waals surface area contributed by atoms with Crippen LogP contribution >= 0.6 is 0 Å². The molecule has 3 amide bonds. The molecule has 0 fully saturated rings. The van der Waals surface area contributed by atoms with Crippen molar-refractivity contribution in [3.05, 3.63) is 71.7 Å². The Labute approximate surface area is 178 Å². The predicted molar refractivity (Wildman–Crippen MR) is 104 cm³/mol. The van der Waals surface area contributed by atoms with Gasteiger partial charge < -0.3 is 10.1 Å². The van der Waals surface area contributed by atoms with Crippen LogP contribution in [-0.4, -0.2) is 30.6 Å². The lowest BCUT2D eigenvalue weighted by Crippen LogP contribution is -2.56. The number of benzene rings is 2. The number of anilines is 2. The molecule has 0 aliphatic carbocycles. The third kappa shape index (κ3) is 3.66. The molecule has 2 aromatic carbocycles. The number of carbonyl (C=O) groups excluding carboxylic acids is 3. The Hall–Kier alpha value is -3.89. The second-order valence-corrected chi connectivity index (χ2v) is 7.11. The summed E-state index contributed by atoms with van der Waals surface area (Å²) in [6.07, 6.45) is -3.39. The van der Waals surface area contributed by atoms with Gasteiger partial charge in [0.2, 0.25) is 5.91 Å². The van der Waals surface area contributed by atoms with E-state index in [1.165, 1.54) is 23.2 Å². The Bertz CT molecular complexity index is 1130. The first-order valence-corrected chi connectivity index (χ1v) is 9.34. The summed E-state index contributed by atoms with van der Waals surface area (Å²) in [6, 6.07) is 7.89. The van der Waals surface area contributed by atoms with Crippen LogP contribution in [0.2, 0.25) is 0 Å². The fraction of sp³-hybridized carbons (Fsp3) is 0.190. The number of halogens is 4. The fourth-order valence-corrected chi connectivity index (χ4v) is 3.49. The highest BCUT2D eigenvalue weighted by Gasteiger charge is 2.62. The number of rotatable bonds is 4. The average Bonchev–Trinajstić information content (AvgIpc) is 3.17. The van der Waals surface area contributed by atoms with Crippen molar-refractivity contribution in [2.45, 2.75) is 18.2 Å². The van der Waals surface area contributed by atoms with Crippen molar-refractivity contribution in [3.8, 4) is 0 Å². The Morgan fingerprint density at radius 2 is 1.88 bits per heavy atom. The highest BCUT2D eigenvalue weighted by Crippen LogP contribution is 2.48. The SMILES string of the molecule is O=C1Nc2ccc(N3C=CCC3=O)cc2C(CNC(=O)c2ccc(F)cc2)(C(F)(F)F)O1. The van der Waals surface area contributed by atoms with Crippen LogP contribution in [0, 0.1) is 5.82 Å². The summed E-state index contributed by atoms with van der Waals surface area (Å²) in [7, 11) is 0. The summed E-state index contributed by atoms with van der Waals surface area (Å²) in [5.41, 5.74) is -3.81. The van der Waals surface area contributed by atoms with E-state index in [0.717, 1.165) is 30.3 Å². The second-order valence-electron chi connectivity index (χ2n) is 7.11. The molecule has 0 saturated heterocycles. The van der Waals surface area contributed by atoms with Crippen LogP contribution in [-0.2, 0) is 15.1 Å². The van der Waals surface area contributed by atoms with Gasteiger partial charge in [-0.15, -0.1) is 0 Å². The summed E-state index contributed by atoms with van der Waals surface area (Å²) < 4.78 is 60.8. The van der Waals surface area contributed by atoms with Crippen LogP contribution in [0.5, 0.6) is 0 Å². The lowest BCUT2D eigenvalue weighted by molar-refractivity contribution is -0.261. The zero-order valence-corrected chi connectivity index (χ0v) is 16.2. The molecule has 2 aliphatic heterocycles. The van der Waals surface area contributed by atoms with E-state index < -0.39 is 41.7 Å². The van der Waals surface area contributed by atoms with Gasteiger partial charge >= 0.3 is 12.3 Å². The van der Waals surface area contributed by atoms with Gasteiger partial charge in [0.25, 0.3) is 11.5 Å². The molecule has 2 N–H and O–H groups in total. The smallest absolute Gasteiger partial charge is 0.426 e. The van der Waals surface area contributed by atoms with E-state index >= 15 is 0 Å². The molecule has 4 rings (SSSR count). The molecule has 11 heteroatoms. The number of hydrogen-bond donors (Lipinski definition) is 2. The molecule has 1 unspecified atom stereocenters. The van der Waals surface area contributed by atoms with Crippen molar-refractivity contribution in [3.63, 3.8) is 0 Å². The maximum absolute atomic E-state index is 14.3. The third-order valence-electron chi connectivity index (χ3n) is 5.10. The van der Waals surface area contributed by atoms with Gasteiger partial charge in [0, 0.05) is 29.4 Å². The average molecular weight is 449 g/mol. The van der Waals surface area contributed by atoms with Crippen molar-refractivity contribution in [2.24, 2.45) is 0 Å². The van der Waals surface area contributed by atoms with Crippen molar-refractivity contribution in [1.29, 1.82) is 0 Å². The Kier molecular flexibility index (Phi) is 5.11. The molecular weight excluding hydrogens is 434 g/mol. The maximum Gasteiger partial charge on any atom is 0.434 e. The van der Waals surface area contributed by atoms with E-state index in [0.29, 0.717) is 0 Å². The van der Waals surface area contributed by atoms with Crippen LogP contribution in [0.4, 0.5) is 33.7 Å². The Morgan fingerprint density at radius 3 is 2.50 bits per heavy atom. The highest BCUT2D eigenvalue weighted by molar-refractivity contribution is 5.99. The monoisotopic (exact) mass is 449 g/mol. The van der Waals surface area contributed by atoms with Crippen LogP contribution in [0.25, 0.3) is 0 Å². The molecule has 0 saturated carbocycles. The largest absolute Gasteiger partial charge is 0.434 e. The molecule has 7 nitrogen and oxygen atoms in total. The highest BCUT2D eigenvalue weighted by atomic mass is 19.4. The first-order chi connectivity index (χ1) is 15.1. The van der Waals surface area contributed by atoms with E-state index in [4.69, 9.17) is 4.74 Å². The lowest BCUT2D eigenvalue weighted by atomic mass is 9.89. The van der Waals surface area contributed by atoms with Crippen LogP contribution in [0.1, 0.15) is 22.3 Å². The van der Waals surface area contributed by atoms with Gasteiger partial charge in [-0.05, 0) is 42.5 Å². The molecule has 2 heterocycles. The molecule has 1 atom stereocenters. The topological polar surface area (TPSA) is 87.7 Å². The number of carbonyl (C=O) groups is 3. The number of nitrogens with one attached hydrogen (secondary N) is 2. The summed E-state index contributed by atoms with van der Waals surface area (Å²) in [5.74, 6) is -1.88. The first-order valence-electron chi connectivity index (χ1n) is 9.34. The molecule has 0 bridgehead atoms. The maximum atomic E-state index is 14.3. The number of ether oxygens (including phenoxy) is 1. The normalized spacial score (nSPS) is 19.9. The number of hydrogen-bond acceptors (Lipinski definition) is 4. The summed E-state index contributed by atoms with van der Waals surface area (Å²) in [4.78, 5) is 37.5. The Balaban J connectivity index is 1.73. The van der Waals surface area contributed by atoms with E-state index in [1.807, 2.05) is 0 Å². The zero-order chi connectivity index (χ0) is 23.1. The van der Waals surface area contributed by atoms with Crippen molar-refractivity contribution >= 4 is 29.3 Å². The first kappa shape index (κ1) is 21.3. The van der Waals surface area contributed by atoms with Gasteiger partial charge in [0.1, 0.15) is 5.82 Å². The molecule has 0 radical (unpaired) electrons. The van der Waals surface area contributed by atoms with Gasteiger partial charge in [0.15, 0.2) is 0 Å². The minimum absolute atomic E-state index is 0.0780. The van der Waals surface area contributed by atoms with Crippen LogP contribution in [0.15, 0.2) is 54.7 Å². The lowest BCUT2D eigenvalue weighted by Gasteiger charge is -2.40. The van der Waals surface area contributed by atoms with Gasteiger partial charge in [-0.2, -0.15) is 13.2 Å². The quantitative estimate of drug-likeness (QED) is 0.695. The number of alkyl halides is 3. The van der Waals surface area contributed by atoms with Gasteiger partial charge in [-0.1, -0.05) is 6.08 Å². The van der Waals surface area contributed by atoms with E-state index in [-0.39, 0.29) is 29.3 Å². The minimum Gasteiger partial charge on any atom is -0.426 e. The molecule has 166 valence electrons. The van der Waals surface area contributed by atoms with Crippen molar-refractivity contribution < 1.29 is 36.7 Å². The van der Waals surface area contributed by atoms with E-state index in [2.05, 4.69) is 10.6 Å². The fourth-order valence-electron chi connectivity index (χ4n) is 3.49. The van der Waals surface area contributed by atoms with E-state index in [9.17, 15) is 31.9 Å². The molecule has 0 spiro atoms. The number of fused-ring (bicyclic) bond motifs is 1. The summed E-state index contributed by atoms with van der Waals surface area (Å²) in [5, 5.41) is 4.32. The van der Waals surface area contributed by atoms with Crippen LogP contribution in [0.3, 0.4) is 0 Å². The Morgan fingerprint density at radius 1 is 1.16 bits per heavy atom. The predicted octanol–water partition coefficient (Wildman–Crippen LogP) is 3.83. The van der Waals surface area contributed by atoms with Crippen molar-refractivity contribution in [1.82, 2.24) is 5.32 Å². The number of nitrogens with zero attached hydrogens (tertiary/aromatic N) is 1. The molecule has 0 aromatic heterocycles. The minimum atomic E-state index is -5.13. The van der Waals surface area contributed by atoms with Gasteiger partial charge in [-0.3, -0.25) is 19.8 Å². The number of cyclic esters (lactones) is 1. The van der Waals surface area contributed by atoms with Crippen LogP contribution < -0.4 is 15.5 Å². The molecule has 2 aliphatic rings. The number of amides is 3. The van der Waals surface area contributed by atoms with Crippen molar-refractivity contribution in [2.75, 3.05) is 16.8 Å². The standard InChI is InChI=1S/C21H15F4N3O4/c22-13-5-3-12(4-6-13)18(30)26-11-20(21(23,24)25)15-10-14(28-9-1-2-17(28)29)7-8-16(15)27-19(31)32-20/h1,3-10H,2,11H2,(H,26,30)(H,27,31). The summed E-state index contributed by atoms with van der Waals surface area (Å²) >= 11 is 0. The molecule has 2 aromatic rings. The van der Waals surface area contributed by atoms with Gasteiger partial charge in [0.05, 0.1) is 12.2 Å².